The molecule has 0 unspecified atom stereocenters. The maximum atomic E-state index is 13.3. The number of rotatable bonds is 6. The highest BCUT2D eigenvalue weighted by Gasteiger charge is 2.11. The van der Waals surface area contributed by atoms with Crippen molar-refractivity contribution in [3.05, 3.63) is 40.4 Å². The SMILES string of the molecule is CCCc1c(NCC)ncnc1Nc1ccc(F)c(Br)c1. The van der Waals surface area contributed by atoms with Crippen molar-refractivity contribution in [2.45, 2.75) is 26.7 Å². The number of nitrogens with one attached hydrogen (secondary N) is 2. The second-order valence-corrected chi connectivity index (χ2v) is 5.44. The fraction of sp³-hybridized carbons (Fsp3) is 0.333. The zero-order valence-electron chi connectivity index (χ0n) is 12.1. The number of benzene rings is 1. The van der Waals surface area contributed by atoms with Gasteiger partial charge in [0.1, 0.15) is 23.8 Å². The van der Waals surface area contributed by atoms with E-state index in [9.17, 15) is 4.39 Å². The van der Waals surface area contributed by atoms with Crippen LogP contribution in [0.2, 0.25) is 0 Å². The summed E-state index contributed by atoms with van der Waals surface area (Å²) in [6.45, 7) is 4.94. The van der Waals surface area contributed by atoms with Crippen molar-refractivity contribution in [3.63, 3.8) is 0 Å². The summed E-state index contributed by atoms with van der Waals surface area (Å²) >= 11 is 3.19. The zero-order valence-corrected chi connectivity index (χ0v) is 13.7. The van der Waals surface area contributed by atoms with Crippen LogP contribution in [0.1, 0.15) is 25.8 Å². The molecule has 0 amide bonds. The third-order valence-electron chi connectivity index (χ3n) is 2.97. The van der Waals surface area contributed by atoms with Gasteiger partial charge in [0.05, 0.1) is 4.47 Å². The van der Waals surface area contributed by atoms with Crippen LogP contribution >= 0.6 is 15.9 Å². The monoisotopic (exact) mass is 352 g/mol. The summed E-state index contributed by atoms with van der Waals surface area (Å²) in [6.07, 6.45) is 3.39. The van der Waals surface area contributed by atoms with E-state index < -0.39 is 0 Å². The van der Waals surface area contributed by atoms with Crippen LogP contribution in [0.25, 0.3) is 0 Å². The summed E-state index contributed by atoms with van der Waals surface area (Å²) in [5.41, 5.74) is 1.82. The first-order valence-electron chi connectivity index (χ1n) is 6.95. The van der Waals surface area contributed by atoms with E-state index >= 15 is 0 Å². The molecule has 112 valence electrons. The van der Waals surface area contributed by atoms with Crippen LogP contribution in [0.4, 0.5) is 21.7 Å². The van der Waals surface area contributed by atoms with Gasteiger partial charge < -0.3 is 10.6 Å². The Kier molecular flexibility index (Phi) is 5.50. The molecule has 0 saturated carbocycles. The Morgan fingerprint density at radius 3 is 2.62 bits per heavy atom. The predicted octanol–water partition coefficient (Wildman–Crippen LogP) is 4.51. The lowest BCUT2D eigenvalue weighted by molar-refractivity contribution is 0.621. The molecule has 0 radical (unpaired) electrons. The summed E-state index contributed by atoms with van der Waals surface area (Å²) in [6, 6.07) is 4.79. The summed E-state index contributed by atoms with van der Waals surface area (Å²) in [5, 5.41) is 6.48. The summed E-state index contributed by atoms with van der Waals surface area (Å²) < 4.78 is 13.7. The fourth-order valence-corrected chi connectivity index (χ4v) is 2.42. The lowest BCUT2D eigenvalue weighted by atomic mass is 10.1. The molecule has 0 atom stereocenters. The molecule has 21 heavy (non-hydrogen) atoms. The van der Waals surface area contributed by atoms with E-state index in [1.54, 1.807) is 12.1 Å². The largest absolute Gasteiger partial charge is 0.370 e. The molecule has 6 heteroatoms. The lowest BCUT2D eigenvalue weighted by Gasteiger charge is -2.14. The van der Waals surface area contributed by atoms with Gasteiger partial charge in [-0.1, -0.05) is 13.3 Å². The van der Waals surface area contributed by atoms with E-state index in [2.05, 4.69) is 43.5 Å². The van der Waals surface area contributed by atoms with Gasteiger partial charge in [-0.2, -0.15) is 0 Å². The number of hydrogen-bond acceptors (Lipinski definition) is 4. The Morgan fingerprint density at radius 1 is 1.19 bits per heavy atom. The Morgan fingerprint density at radius 2 is 1.95 bits per heavy atom. The molecule has 0 saturated heterocycles. The number of halogens is 2. The molecule has 0 fully saturated rings. The van der Waals surface area contributed by atoms with Crippen molar-refractivity contribution in [3.8, 4) is 0 Å². The summed E-state index contributed by atoms with van der Waals surface area (Å²) in [5.74, 6) is 1.31. The molecule has 0 bridgehead atoms. The molecule has 1 aromatic carbocycles. The minimum atomic E-state index is -0.287. The zero-order chi connectivity index (χ0) is 15.2. The molecule has 1 heterocycles. The van der Waals surface area contributed by atoms with Gasteiger partial charge in [0.2, 0.25) is 0 Å². The highest BCUT2D eigenvalue weighted by Crippen LogP contribution is 2.27. The lowest BCUT2D eigenvalue weighted by Crippen LogP contribution is -2.08. The van der Waals surface area contributed by atoms with Gasteiger partial charge in [-0.15, -0.1) is 0 Å². The number of anilines is 3. The van der Waals surface area contributed by atoms with E-state index in [0.717, 1.165) is 42.3 Å². The van der Waals surface area contributed by atoms with Crippen LogP contribution < -0.4 is 10.6 Å². The van der Waals surface area contributed by atoms with Crippen molar-refractivity contribution >= 4 is 33.3 Å². The van der Waals surface area contributed by atoms with Crippen LogP contribution in [0.3, 0.4) is 0 Å². The molecule has 2 aromatic rings. The van der Waals surface area contributed by atoms with E-state index in [4.69, 9.17) is 0 Å². The first-order chi connectivity index (χ1) is 10.2. The van der Waals surface area contributed by atoms with Gasteiger partial charge in [0.25, 0.3) is 0 Å². The minimum Gasteiger partial charge on any atom is -0.370 e. The van der Waals surface area contributed by atoms with E-state index in [1.807, 2.05) is 6.92 Å². The third kappa shape index (κ3) is 3.91. The maximum absolute atomic E-state index is 13.3. The van der Waals surface area contributed by atoms with Gasteiger partial charge in [0.15, 0.2) is 0 Å². The van der Waals surface area contributed by atoms with Crippen LogP contribution in [0.15, 0.2) is 29.0 Å². The predicted molar refractivity (Wildman–Crippen MR) is 87.6 cm³/mol. The molecule has 1 aromatic heterocycles. The Bertz CT molecular complexity index is 619. The van der Waals surface area contributed by atoms with Crippen LogP contribution in [0.5, 0.6) is 0 Å². The van der Waals surface area contributed by atoms with Crippen molar-refractivity contribution in [2.24, 2.45) is 0 Å². The van der Waals surface area contributed by atoms with Gasteiger partial charge in [-0.05, 0) is 47.5 Å². The molecular formula is C15H18BrFN4. The smallest absolute Gasteiger partial charge is 0.139 e. The topological polar surface area (TPSA) is 49.8 Å². The molecule has 2 rings (SSSR count). The molecule has 4 nitrogen and oxygen atoms in total. The van der Waals surface area contributed by atoms with E-state index in [1.165, 1.54) is 12.4 Å². The minimum absolute atomic E-state index is 0.287. The first kappa shape index (κ1) is 15.7. The van der Waals surface area contributed by atoms with E-state index in [0.29, 0.717) is 4.47 Å². The van der Waals surface area contributed by atoms with Gasteiger partial charge in [-0.3, -0.25) is 0 Å². The quantitative estimate of drug-likeness (QED) is 0.803. The molecule has 0 aliphatic carbocycles. The first-order valence-corrected chi connectivity index (χ1v) is 7.74. The molecule has 2 N–H and O–H groups in total. The molecule has 0 aliphatic rings. The van der Waals surface area contributed by atoms with Crippen molar-refractivity contribution in [2.75, 3.05) is 17.2 Å². The van der Waals surface area contributed by atoms with Crippen LogP contribution in [-0.2, 0) is 6.42 Å². The standard InChI is InChI=1S/C15H18BrFN4/c1-3-5-11-14(18-4-2)19-9-20-15(11)21-10-6-7-13(17)12(16)8-10/h6-9H,3-5H2,1-2H3,(H2,18,19,20,21). The molecule has 0 aliphatic heterocycles. The fourth-order valence-electron chi connectivity index (χ4n) is 2.04. The average molecular weight is 353 g/mol. The van der Waals surface area contributed by atoms with Crippen LogP contribution in [0, 0.1) is 5.82 Å². The number of aromatic nitrogens is 2. The van der Waals surface area contributed by atoms with Gasteiger partial charge >= 0.3 is 0 Å². The third-order valence-corrected chi connectivity index (χ3v) is 3.58. The number of hydrogen-bond donors (Lipinski definition) is 2. The number of nitrogens with zero attached hydrogens (tertiary/aromatic N) is 2. The average Bonchev–Trinajstić information content (AvgIpc) is 2.46. The molecule has 0 spiro atoms. The Labute approximate surface area is 132 Å². The normalized spacial score (nSPS) is 10.5. The van der Waals surface area contributed by atoms with Crippen molar-refractivity contribution < 1.29 is 4.39 Å². The van der Waals surface area contributed by atoms with Gasteiger partial charge in [0, 0.05) is 17.8 Å². The second-order valence-electron chi connectivity index (χ2n) is 4.58. The van der Waals surface area contributed by atoms with Gasteiger partial charge in [-0.25, -0.2) is 14.4 Å². The summed E-state index contributed by atoms with van der Waals surface area (Å²) in [7, 11) is 0. The van der Waals surface area contributed by atoms with Crippen molar-refractivity contribution in [1.82, 2.24) is 9.97 Å². The molecular weight excluding hydrogens is 335 g/mol. The van der Waals surface area contributed by atoms with Crippen LogP contribution in [-0.4, -0.2) is 16.5 Å². The summed E-state index contributed by atoms with van der Waals surface area (Å²) in [4.78, 5) is 8.61. The van der Waals surface area contributed by atoms with Crippen molar-refractivity contribution in [1.29, 1.82) is 0 Å². The van der Waals surface area contributed by atoms with E-state index in [-0.39, 0.29) is 5.82 Å². The maximum Gasteiger partial charge on any atom is 0.139 e. The Hall–Kier alpha value is -1.69. The second kappa shape index (κ2) is 7.36. The Balaban J connectivity index is 2.33. The highest BCUT2D eigenvalue weighted by atomic mass is 79.9. The highest BCUT2D eigenvalue weighted by molar-refractivity contribution is 9.10.